The number of carbonyl (C=O) groups excluding carboxylic acids is 1. The molecule has 2 fully saturated rings. The molecule has 3 nitrogen and oxygen atoms in total. The van der Waals surface area contributed by atoms with E-state index in [2.05, 4.69) is 24.0 Å². The molecule has 3 heteroatoms. The fourth-order valence-electron chi connectivity index (χ4n) is 3.84. The molecule has 2 unspecified atom stereocenters. The molecule has 3 rings (SSSR count). The van der Waals surface area contributed by atoms with Gasteiger partial charge < -0.3 is 10.6 Å². The summed E-state index contributed by atoms with van der Waals surface area (Å²) in [5.74, 6) is 0.792. The summed E-state index contributed by atoms with van der Waals surface area (Å²) in [6.07, 6.45) is 5.39. The summed E-state index contributed by atoms with van der Waals surface area (Å²) in [5.41, 5.74) is 7.01. The number of carbonyl (C=O) groups is 1. The Morgan fingerprint density at radius 2 is 2.00 bits per heavy atom. The number of benzene rings is 1. The summed E-state index contributed by atoms with van der Waals surface area (Å²) in [6, 6.07) is 10.5. The van der Waals surface area contributed by atoms with Crippen LogP contribution >= 0.6 is 0 Å². The van der Waals surface area contributed by atoms with Gasteiger partial charge in [0.2, 0.25) is 5.91 Å². The molecule has 1 saturated heterocycles. The largest absolute Gasteiger partial charge is 0.342 e. The maximum Gasteiger partial charge on any atom is 0.233 e. The highest BCUT2D eigenvalue weighted by Gasteiger charge is 2.48. The number of hydrogen-bond donors (Lipinski definition) is 1. The van der Waals surface area contributed by atoms with Crippen LogP contribution in [0.2, 0.25) is 0 Å². The smallest absolute Gasteiger partial charge is 0.233 e. The van der Waals surface area contributed by atoms with Gasteiger partial charge in [-0.05, 0) is 44.1 Å². The van der Waals surface area contributed by atoms with E-state index in [1.54, 1.807) is 0 Å². The number of likely N-dealkylation sites (tertiary alicyclic amines) is 1. The zero-order valence-corrected chi connectivity index (χ0v) is 12.9. The summed E-state index contributed by atoms with van der Waals surface area (Å²) in [5, 5.41) is 0. The predicted molar refractivity (Wildman–Crippen MR) is 84.9 cm³/mol. The Kier molecular flexibility index (Phi) is 4.03. The van der Waals surface area contributed by atoms with Gasteiger partial charge in [-0.25, -0.2) is 0 Å². The number of nitrogens with zero attached hydrogens (tertiary/aromatic N) is 1. The van der Waals surface area contributed by atoms with Crippen LogP contribution in [0.15, 0.2) is 30.3 Å². The molecule has 1 saturated carbocycles. The average molecular weight is 286 g/mol. The molecule has 114 valence electrons. The molecule has 0 radical (unpaired) electrons. The molecule has 2 atom stereocenters. The molecule has 1 amide bonds. The third-order valence-corrected chi connectivity index (χ3v) is 5.43. The lowest BCUT2D eigenvalue weighted by atomic mass is 9.63. The van der Waals surface area contributed by atoms with E-state index in [1.807, 2.05) is 18.2 Å². The molecule has 1 aliphatic heterocycles. The van der Waals surface area contributed by atoms with Gasteiger partial charge in [-0.1, -0.05) is 36.8 Å². The van der Waals surface area contributed by atoms with Gasteiger partial charge in [-0.3, -0.25) is 4.79 Å². The van der Waals surface area contributed by atoms with Crippen LogP contribution in [-0.4, -0.2) is 29.9 Å². The van der Waals surface area contributed by atoms with Crippen LogP contribution in [0.1, 0.15) is 44.6 Å². The van der Waals surface area contributed by atoms with Crippen LogP contribution in [0, 0.1) is 5.92 Å². The molecule has 1 heterocycles. The van der Waals surface area contributed by atoms with Crippen LogP contribution in [0.4, 0.5) is 0 Å². The van der Waals surface area contributed by atoms with Crippen molar-refractivity contribution >= 4 is 5.91 Å². The Labute approximate surface area is 127 Å². The third kappa shape index (κ3) is 2.59. The van der Waals surface area contributed by atoms with E-state index in [-0.39, 0.29) is 11.5 Å². The van der Waals surface area contributed by atoms with E-state index in [4.69, 9.17) is 5.73 Å². The first kappa shape index (κ1) is 14.6. The molecule has 2 aliphatic rings. The molecular formula is C18H26N2O. The van der Waals surface area contributed by atoms with Crippen LogP contribution in [0.5, 0.6) is 0 Å². The van der Waals surface area contributed by atoms with E-state index in [9.17, 15) is 4.79 Å². The number of nitrogens with two attached hydrogens (primary N) is 1. The van der Waals surface area contributed by atoms with Crippen molar-refractivity contribution in [1.82, 2.24) is 4.90 Å². The molecule has 1 aliphatic carbocycles. The zero-order chi connectivity index (χ0) is 14.9. The van der Waals surface area contributed by atoms with E-state index < -0.39 is 0 Å². The normalized spacial score (nSPS) is 26.0. The molecular weight excluding hydrogens is 260 g/mol. The van der Waals surface area contributed by atoms with Crippen LogP contribution in [0.25, 0.3) is 0 Å². The van der Waals surface area contributed by atoms with Crippen molar-refractivity contribution in [2.45, 2.75) is 50.5 Å². The van der Waals surface area contributed by atoms with Gasteiger partial charge >= 0.3 is 0 Å². The highest BCUT2D eigenvalue weighted by Crippen LogP contribution is 2.45. The second kappa shape index (κ2) is 5.80. The maximum atomic E-state index is 13.2. The predicted octanol–water partition coefficient (Wildman–Crippen LogP) is 2.69. The Balaban J connectivity index is 1.80. The number of piperidine rings is 1. The third-order valence-electron chi connectivity index (χ3n) is 5.43. The molecule has 2 N–H and O–H groups in total. The average Bonchev–Trinajstić information content (AvgIpc) is 2.47. The minimum absolute atomic E-state index is 0.176. The first-order chi connectivity index (χ1) is 10.1. The Morgan fingerprint density at radius 3 is 2.57 bits per heavy atom. The summed E-state index contributed by atoms with van der Waals surface area (Å²) in [6.45, 7) is 3.80. The minimum atomic E-state index is -0.249. The zero-order valence-electron chi connectivity index (χ0n) is 12.9. The van der Waals surface area contributed by atoms with Gasteiger partial charge in [0.1, 0.15) is 0 Å². The van der Waals surface area contributed by atoms with Crippen LogP contribution in [-0.2, 0) is 10.2 Å². The van der Waals surface area contributed by atoms with Gasteiger partial charge in [-0.15, -0.1) is 0 Å². The van der Waals surface area contributed by atoms with Crippen molar-refractivity contribution < 1.29 is 4.79 Å². The summed E-state index contributed by atoms with van der Waals surface area (Å²) < 4.78 is 0. The lowest BCUT2D eigenvalue weighted by Crippen LogP contribution is -2.54. The first-order valence-corrected chi connectivity index (χ1v) is 8.24. The summed E-state index contributed by atoms with van der Waals surface area (Å²) in [4.78, 5) is 15.2. The second-order valence-corrected chi connectivity index (χ2v) is 6.81. The van der Waals surface area contributed by atoms with Crippen molar-refractivity contribution in [2.24, 2.45) is 11.7 Å². The summed E-state index contributed by atoms with van der Waals surface area (Å²) in [7, 11) is 0. The number of hydrogen-bond acceptors (Lipinski definition) is 2. The van der Waals surface area contributed by atoms with Crippen LogP contribution in [0.3, 0.4) is 0 Å². The molecule has 0 bridgehead atoms. The van der Waals surface area contributed by atoms with Crippen molar-refractivity contribution in [3.63, 3.8) is 0 Å². The monoisotopic (exact) mass is 286 g/mol. The first-order valence-electron chi connectivity index (χ1n) is 8.24. The molecule has 21 heavy (non-hydrogen) atoms. The van der Waals surface area contributed by atoms with E-state index in [0.717, 1.165) is 45.2 Å². The Morgan fingerprint density at radius 1 is 1.29 bits per heavy atom. The van der Waals surface area contributed by atoms with Crippen molar-refractivity contribution in [3.05, 3.63) is 35.9 Å². The fourth-order valence-corrected chi connectivity index (χ4v) is 3.84. The van der Waals surface area contributed by atoms with Crippen molar-refractivity contribution in [2.75, 3.05) is 13.1 Å². The van der Waals surface area contributed by atoms with Gasteiger partial charge in [-0.2, -0.15) is 0 Å². The van der Waals surface area contributed by atoms with E-state index >= 15 is 0 Å². The molecule has 1 aromatic rings. The van der Waals surface area contributed by atoms with Crippen molar-refractivity contribution in [3.8, 4) is 0 Å². The lowest BCUT2D eigenvalue weighted by Gasteiger charge is -2.46. The van der Waals surface area contributed by atoms with E-state index in [0.29, 0.717) is 11.8 Å². The maximum absolute atomic E-state index is 13.2. The quantitative estimate of drug-likeness (QED) is 0.928. The van der Waals surface area contributed by atoms with Gasteiger partial charge in [0.05, 0.1) is 5.41 Å². The molecule has 0 aromatic heterocycles. The lowest BCUT2D eigenvalue weighted by molar-refractivity contribution is -0.143. The summed E-state index contributed by atoms with van der Waals surface area (Å²) >= 11 is 0. The minimum Gasteiger partial charge on any atom is -0.342 e. The number of rotatable bonds is 3. The SMILES string of the molecule is CC(N)C1CCCN(C(=O)C2(c3ccccc3)CCC2)C1. The topological polar surface area (TPSA) is 46.3 Å². The van der Waals surface area contributed by atoms with Gasteiger partial charge in [0.25, 0.3) is 0 Å². The fraction of sp³-hybridized carbons (Fsp3) is 0.611. The van der Waals surface area contributed by atoms with Gasteiger partial charge in [0.15, 0.2) is 0 Å². The molecule has 0 spiro atoms. The Bertz CT molecular complexity index is 493. The van der Waals surface area contributed by atoms with Gasteiger partial charge in [0, 0.05) is 19.1 Å². The van der Waals surface area contributed by atoms with Crippen molar-refractivity contribution in [1.29, 1.82) is 0 Å². The molecule has 1 aromatic carbocycles. The Hall–Kier alpha value is -1.35. The second-order valence-electron chi connectivity index (χ2n) is 6.81. The number of amides is 1. The van der Waals surface area contributed by atoms with Crippen LogP contribution < -0.4 is 5.73 Å². The highest BCUT2D eigenvalue weighted by atomic mass is 16.2. The standard InChI is InChI=1S/C18H26N2O/c1-14(19)15-7-5-12-20(13-15)17(21)18(10-6-11-18)16-8-3-2-4-9-16/h2-4,8-9,14-15H,5-7,10-13,19H2,1H3. The van der Waals surface area contributed by atoms with E-state index in [1.165, 1.54) is 5.56 Å². The highest BCUT2D eigenvalue weighted by molar-refractivity contribution is 5.89.